The number of rotatable bonds is 7. The maximum atomic E-state index is 12.6. The number of anilines is 1. The van der Waals surface area contributed by atoms with Crippen molar-refractivity contribution in [2.75, 3.05) is 25.5 Å². The normalized spacial score (nSPS) is 12.3. The Kier molecular flexibility index (Phi) is 6.75. The highest BCUT2D eigenvalue weighted by molar-refractivity contribution is 5.90. The minimum absolute atomic E-state index is 0.0656. The van der Waals surface area contributed by atoms with Gasteiger partial charge in [0, 0.05) is 25.6 Å². The van der Waals surface area contributed by atoms with Crippen molar-refractivity contribution < 1.29 is 27.8 Å². The Morgan fingerprint density at radius 3 is 2.61 bits per heavy atom. The Labute approximate surface area is 175 Å². The minimum Gasteiger partial charge on any atom is -0.491 e. The quantitative estimate of drug-likeness (QED) is 0.595. The minimum atomic E-state index is -4.43. The second-order valence-corrected chi connectivity index (χ2v) is 6.62. The molecular weight excluding hydrogens is 415 g/mol. The topological polar surface area (TPSA) is 92.5 Å². The number of urea groups is 1. The summed E-state index contributed by atoms with van der Waals surface area (Å²) in [5, 5.41) is 16.9. The summed E-state index contributed by atoms with van der Waals surface area (Å²) in [5.74, 6) is 0.610. The van der Waals surface area contributed by atoms with Crippen LogP contribution in [0.2, 0.25) is 0 Å². The van der Waals surface area contributed by atoms with Gasteiger partial charge >= 0.3 is 12.2 Å². The van der Waals surface area contributed by atoms with Crippen molar-refractivity contribution in [2.24, 2.45) is 0 Å². The molecule has 0 saturated heterocycles. The van der Waals surface area contributed by atoms with Crippen LogP contribution in [0.3, 0.4) is 0 Å². The van der Waals surface area contributed by atoms with Crippen LogP contribution in [0.5, 0.6) is 5.75 Å². The Bertz CT molecular complexity index is 994. The van der Waals surface area contributed by atoms with Gasteiger partial charge < -0.3 is 20.1 Å². The summed E-state index contributed by atoms with van der Waals surface area (Å²) in [4.78, 5) is 17.9. The smallest absolute Gasteiger partial charge is 0.416 e. The number of hydrogen-bond donors (Lipinski definition) is 2. The zero-order valence-electron chi connectivity index (χ0n) is 16.5. The number of aliphatic hydroxyl groups excluding tert-OH is 1. The number of nitrogens with zero attached hydrogens (tertiary/aromatic N) is 4. The van der Waals surface area contributed by atoms with Crippen LogP contribution in [0.25, 0.3) is 5.82 Å². The van der Waals surface area contributed by atoms with Gasteiger partial charge in [-0.25, -0.2) is 14.5 Å². The number of carbonyl (C=O) groups is 1. The predicted molar refractivity (Wildman–Crippen MR) is 106 cm³/mol. The average Bonchev–Trinajstić information content (AvgIpc) is 3.27. The third-order valence-corrected chi connectivity index (χ3v) is 4.21. The lowest BCUT2D eigenvalue weighted by Crippen LogP contribution is -2.39. The Balaban J connectivity index is 1.52. The Morgan fingerprint density at radius 2 is 1.97 bits per heavy atom. The lowest BCUT2D eigenvalue weighted by atomic mass is 10.2. The van der Waals surface area contributed by atoms with E-state index in [0.717, 1.165) is 12.1 Å². The van der Waals surface area contributed by atoms with E-state index in [9.17, 15) is 23.1 Å². The highest BCUT2D eigenvalue weighted by Gasteiger charge is 2.30. The van der Waals surface area contributed by atoms with E-state index in [1.165, 1.54) is 28.8 Å². The van der Waals surface area contributed by atoms with Crippen LogP contribution in [0.4, 0.5) is 23.7 Å². The van der Waals surface area contributed by atoms with Crippen LogP contribution in [-0.4, -0.2) is 57.1 Å². The molecule has 1 aromatic carbocycles. The monoisotopic (exact) mass is 435 g/mol. The molecule has 164 valence electrons. The van der Waals surface area contributed by atoms with E-state index in [1.54, 1.807) is 36.8 Å². The number of benzene rings is 1. The number of hydrogen-bond acceptors (Lipinski definition) is 5. The number of aromatic nitrogens is 3. The highest BCUT2D eigenvalue weighted by atomic mass is 19.4. The zero-order chi connectivity index (χ0) is 22.4. The number of amides is 2. The van der Waals surface area contributed by atoms with E-state index in [-0.39, 0.29) is 18.9 Å². The number of ether oxygens (including phenoxy) is 1. The van der Waals surface area contributed by atoms with Crippen molar-refractivity contribution in [2.45, 2.75) is 12.3 Å². The van der Waals surface area contributed by atoms with E-state index in [2.05, 4.69) is 15.4 Å². The fraction of sp³-hybridized carbons (Fsp3) is 0.250. The van der Waals surface area contributed by atoms with Gasteiger partial charge in [-0.15, -0.1) is 0 Å². The fourth-order valence-corrected chi connectivity index (χ4v) is 2.67. The van der Waals surface area contributed by atoms with Crippen LogP contribution in [-0.2, 0) is 6.18 Å². The van der Waals surface area contributed by atoms with Crippen molar-refractivity contribution in [3.05, 3.63) is 66.6 Å². The molecule has 1 unspecified atom stereocenters. The van der Waals surface area contributed by atoms with Gasteiger partial charge in [-0.3, -0.25) is 0 Å². The summed E-state index contributed by atoms with van der Waals surface area (Å²) >= 11 is 0. The number of carbonyl (C=O) groups excluding carboxylic acids is 1. The molecule has 8 nitrogen and oxygen atoms in total. The zero-order valence-corrected chi connectivity index (χ0v) is 16.5. The molecule has 3 rings (SSSR count). The molecule has 31 heavy (non-hydrogen) atoms. The molecule has 0 aliphatic carbocycles. The van der Waals surface area contributed by atoms with Gasteiger partial charge in [0.25, 0.3) is 0 Å². The van der Waals surface area contributed by atoms with Crippen LogP contribution >= 0.6 is 0 Å². The van der Waals surface area contributed by atoms with Gasteiger partial charge in [-0.1, -0.05) is 0 Å². The molecule has 2 heterocycles. The molecular formula is C20H20F3N5O3. The van der Waals surface area contributed by atoms with Crippen molar-refractivity contribution in [1.82, 2.24) is 19.7 Å². The molecule has 0 aliphatic rings. The SMILES string of the molecule is CN(CC(O)COc1ccc(C(F)(F)F)cc1)C(=O)Nc1cccnc1-n1cccn1. The summed E-state index contributed by atoms with van der Waals surface area (Å²) in [7, 11) is 1.49. The molecule has 2 N–H and O–H groups in total. The van der Waals surface area contributed by atoms with Crippen LogP contribution in [0.1, 0.15) is 5.56 Å². The lowest BCUT2D eigenvalue weighted by molar-refractivity contribution is -0.137. The van der Waals surface area contributed by atoms with Gasteiger partial charge in [-0.05, 0) is 42.5 Å². The highest BCUT2D eigenvalue weighted by Crippen LogP contribution is 2.30. The van der Waals surface area contributed by atoms with Gasteiger partial charge in [0.2, 0.25) is 0 Å². The second-order valence-electron chi connectivity index (χ2n) is 6.62. The van der Waals surface area contributed by atoms with Crippen LogP contribution in [0.15, 0.2) is 61.1 Å². The second kappa shape index (κ2) is 9.47. The predicted octanol–water partition coefficient (Wildman–Crippen LogP) is 3.19. The number of aliphatic hydroxyl groups is 1. The maximum Gasteiger partial charge on any atom is 0.416 e. The van der Waals surface area contributed by atoms with E-state index in [0.29, 0.717) is 11.5 Å². The molecule has 0 saturated carbocycles. The Hall–Kier alpha value is -3.60. The Morgan fingerprint density at radius 1 is 1.23 bits per heavy atom. The molecule has 0 bridgehead atoms. The van der Waals surface area contributed by atoms with E-state index >= 15 is 0 Å². The van der Waals surface area contributed by atoms with Gasteiger partial charge in [0.15, 0.2) is 5.82 Å². The van der Waals surface area contributed by atoms with E-state index in [1.807, 2.05) is 0 Å². The van der Waals surface area contributed by atoms with Crippen LogP contribution < -0.4 is 10.1 Å². The average molecular weight is 435 g/mol. The van der Waals surface area contributed by atoms with Gasteiger partial charge in [0.1, 0.15) is 18.5 Å². The summed E-state index contributed by atoms with van der Waals surface area (Å²) in [5.41, 5.74) is -0.361. The lowest BCUT2D eigenvalue weighted by Gasteiger charge is -2.22. The number of halogens is 3. The van der Waals surface area contributed by atoms with E-state index in [4.69, 9.17) is 4.74 Å². The number of likely N-dealkylation sites (N-methyl/N-ethyl adjacent to an activating group) is 1. The molecule has 0 radical (unpaired) electrons. The third kappa shape index (κ3) is 5.95. The first-order valence-corrected chi connectivity index (χ1v) is 9.19. The summed E-state index contributed by atoms with van der Waals surface area (Å²) in [6, 6.07) is 8.69. The van der Waals surface area contributed by atoms with Gasteiger partial charge in [-0.2, -0.15) is 18.3 Å². The summed E-state index contributed by atoms with van der Waals surface area (Å²) < 4.78 is 44.6. The molecule has 0 fully saturated rings. The van der Waals surface area contributed by atoms with Gasteiger partial charge in [0.05, 0.1) is 17.8 Å². The third-order valence-electron chi connectivity index (χ3n) is 4.21. The molecule has 2 amide bonds. The molecule has 1 atom stereocenters. The molecule has 0 spiro atoms. The number of alkyl halides is 3. The maximum absolute atomic E-state index is 12.6. The molecule has 0 aliphatic heterocycles. The first-order chi connectivity index (χ1) is 14.7. The summed E-state index contributed by atoms with van der Waals surface area (Å²) in [6.45, 7) is -0.266. The molecule has 3 aromatic rings. The fourth-order valence-electron chi connectivity index (χ4n) is 2.67. The van der Waals surface area contributed by atoms with Crippen molar-refractivity contribution in [3.63, 3.8) is 0 Å². The standard InChI is InChI=1S/C20H20F3N5O3/c1-27(12-15(29)13-31-16-7-5-14(6-8-16)20(21,22)23)19(30)26-17-4-2-9-24-18(17)28-11-3-10-25-28/h2-11,15,29H,12-13H2,1H3,(H,26,30). The van der Waals surface area contributed by atoms with Crippen molar-refractivity contribution >= 4 is 11.7 Å². The summed E-state index contributed by atoms with van der Waals surface area (Å²) in [6.07, 6.45) is -0.653. The van der Waals surface area contributed by atoms with Crippen molar-refractivity contribution in [3.8, 4) is 11.6 Å². The molecule has 11 heteroatoms. The first-order valence-electron chi connectivity index (χ1n) is 9.19. The largest absolute Gasteiger partial charge is 0.491 e. The van der Waals surface area contributed by atoms with Crippen molar-refractivity contribution in [1.29, 1.82) is 0 Å². The first kappa shape index (κ1) is 22.1. The van der Waals surface area contributed by atoms with Crippen LogP contribution in [0, 0.1) is 0 Å². The molecule has 2 aromatic heterocycles. The number of nitrogens with one attached hydrogen (secondary N) is 1. The number of pyridine rings is 1. The van der Waals surface area contributed by atoms with E-state index < -0.39 is 23.9 Å².